The van der Waals surface area contributed by atoms with Crippen LogP contribution in [-0.2, 0) is 13.6 Å². The van der Waals surface area contributed by atoms with E-state index >= 15 is 0 Å². The van der Waals surface area contributed by atoms with Crippen LogP contribution in [0.2, 0.25) is 0 Å². The van der Waals surface area contributed by atoms with Crippen LogP contribution in [0.1, 0.15) is 16.2 Å². The highest BCUT2D eigenvalue weighted by atomic mass is 79.9. The maximum Gasteiger partial charge on any atom is 0.251 e. The van der Waals surface area contributed by atoms with E-state index in [1.807, 2.05) is 29.9 Å². The van der Waals surface area contributed by atoms with Crippen molar-refractivity contribution in [3.05, 3.63) is 52.5 Å². The van der Waals surface area contributed by atoms with E-state index in [-0.39, 0.29) is 5.91 Å². The number of carbonyl (C=O) groups excluding carboxylic acids is 1. The molecule has 1 heterocycles. The normalized spacial score (nSPS) is 10.2. The van der Waals surface area contributed by atoms with Crippen LogP contribution in [-0.4, -0.2) is 15.5 Å². The first kappa shape index (κ1) is 11.9. The van der Waals surface area contributed by atoms with Crippen molar-refractivity contribution < 1.29 is 4.79 Å². The van der Waals surface area contributed by atoms with Gasteiger partial charge in [0.25, 0.3) is 5.91 Å². The number of rotatable bonds is 3. The molecule has 0 unspecified atom stereocenters. The molecule has 0 saturated heterocycles. The van der Waals surface area contributed by atoms with E-state index in [1.165, 1.54) is 0 Å². The minimum absolute atomic E-state index is 0.102. The fourth-order valence-corrected chi connectivity index (χ4v) is 1.86. The van der Waals surface area contributed by atoms with Crippen molar-refractivity contribution in [2.24, 2.45) is 7.05 Å². The number of benzene rings is 1. The van der Waals surface area contributed by atoms with Gasteiger partial charge in [0.2, 0.25) is 0 Å². The van der Waals surface area contributed by atoms with Crippen LogP contribution in [0.3, 0.4) is 0 Å². The zero-order valence-corrected chi connectivity index (χ0v) is 10.9. The minimum atomic E-state index is -0.102. The van der Waals surface area contributed by atoms with Crippen molar-refractivity contribution in [2.45, 2.75) is 6.54 Å². The van der Waals surface area contributed by atoms with Crippen LogP contribution in [0.15, 0.2) is 41.1 Å². The summed E-state index contributed by atoms with van der Waals surface area (Å²) in [6, 6.07) is 7.28. The van der Waals surface area contributed by atoms with Gasteiger partial charge in [0.05, 0.1) is 6.54 Å². The van der Waals surface area contributed by atoms with E-state index in [2.05, 4.69) is 26.2 Å². The molecular formula is C12H12BrN3O. The Balaban J connectivity index is 2.01. The van der Waals surface area contributed by atoms with Crippen molar-refractivity contribution in [1.29, 1.82) is 0 Å². The van der Waals surface area contributed by atoms with Crippen LogP contribution in [0.25, 0.3) is 0 Å². The second kappa shape index (κ2) is 5.14. The number of hydrogen-bond donors (Lipinski definition) is 1. The first-order chi connectivity index (χ1) is 8.16. The van der Waals surface area contributed by atoms with Crippen LogP contribution in [0.4, 0.5) is 0 Å². The summed E-state index contributed by atoms with van der Waals surface area (Å²) in [7, 11) is 1.90. The second-order valence-corrected chi connectivity index (χ2v) is 4.56. The van der Waals surface area contributed by atoms with Gasteiger partial charge in [-0.05, 0) is 18.2 Å². The number of halogens is 1. The Hall–Kier alpha value is -1.62. The third-order valence-corrected chi connectivity index (χ3v) is 2.91. The van der Waals surface area contributed by atoms with Crippen LogP contribution in [0.5, 0.6) is 0 Å². The largest absolute Gasteiger partial charge is 0.345 e. The second-order valence-electron chi connectivity index (χ2n) is 3.65. The summed E-state index contributed by atoms with van der Waals surface area (Å²) >= 11 is 3.34. The predicted molar refractivity (Wildman–Crippen MR) is 68.5 cm³/mol. The van der Waals surface area contributed by atoms with Gasteiger partial charge in [0.1, 0.15) is 5.82 Å². The number of imidazole rings is 1. The zero-order valence-electron chi connectivity index (χ0n) is 9.35. The Morgan fingerprint density at radius 2 is 2.35 bits per heavy atom. The highest BCUT2D eigenvalue weighted by Gasteiger charge is 2.06. The van der Waals surface area contributed by atoms with Gasteiger partial charge < -0.3 is 9.88 Å². The summed E-state index contributed by atoms with van der Waals surface area (Å²) in [5.41, 5.74) is 0.633. The van der Waals surface area contributed by atoms with Crippen molar-refractivity contribution in [3.63, 3.8) is 0 Å². The lowest BCUT2D eigenvalue weighted by atomic mass is 10.2. The smallest absolute Gasteiger partial charge is 0.251 e. The number of hydrogen-bond acceptors (Lipinski definition) is 2. The summed E-state index contributed by atoms with van der Waals surface area (Å²) in [5, 5.41) is 2.83. The number of carbonyl (C=O) groups is 1. The van der Waals surface area contributed by atoms with Crippen molar-refractivity contribution in [2.75, 3.05) is 0 Å². The summed E-state index contributed by atoms with van der Waals surface area (Å²) in [6.07, 6.45) is 3.56. The molecule has 1 amide bonds. The molecule has 0 saturated carbocycles. The van der Waals surface area contributed by atoms with Gasteiger partial charge in [-0.15, -0.1) is 0 Å². The molecule has 1 aromatic heterocycles. The summed E-state index contributed by atoms with van der Waals surface area (Å²) in [5.74, 6) is 0.725. The molecule has 5 heteroatoms. The zero-order chi connectivity index (χ0) is 12.3. The lowest BCUT2D eigenvalue weighted by molar-refractivity contribution is 0.0949. The topological polar surface area (TPSA) is 46.9 Å². The standard InChI is InChI=1S/C12H12BrN3O/c1-16-6-5-14-11(16)8-15-12(17)9-3-2-4-10(13)7-9/h2-7H,8H2,1H3,(H,15,17). The first-order valence-electron chi connectivity index (χ1n) is 5.17. The maximum absolute atomic E-state index is 11.8. The average Bonchev–Trinajstić information content (AvgIpc) is 2.72. The molecule has 4 nitrogen and oxygen atoms in total. The fraction of sp³-hybridized carbons (Fsp3) is 0.167. The van der Waals surface area contributed by atoms with Crippen molar-refractivity contribution >= 4 is 21.8 Å². The maximum atomic E-state index is 11.8. The Morgan fingerprint density at radius 1 is 1.53 bits per heavy atom. The lowest BCUT2D eigenvalue weighted by Crippen LogP contribution is -2.24. The molecule has 2 rings (SSSR count). The molecule has 0 atom stereocenters. The molecule has 17 heavy (non-hydrogen) atoms. The van der Waals surface area contributed by atoms with Gasteiger partial charge in [0.15, 0.2) is 0 Å². The summed E-state index contributed by atoms with van der Waals surface area (Å²) in [6.45, 7) is 0.425. The number of nitrogens with one attached hydrogen (secondary N) is 1. The Labute approximate surface area is 108 Å². The van der Waals surface area contributed by atoms with Crippen LogP contribution >= 0.6 is 15.9 Å². The molecule has 1 aromatic carbocycles. The number of nitrogens with zero attached hydrogens (tertiary/aromatic N) is 2. The molecule has 0 radical (unpaired) electrons. The molecule has 2 aromatic rings. The minimum Gasteiger partial charge on any atom is -0.345 e. The van der Waals surface area contributed by atoms with Gasteiger partial charge in [-0.2, -0.15) is 0 Å². The molecular weight excluding hydrogens is 282 g/mol. The molecule has 0 aliphatic carbocycles. The van der Waals surface area contributed by atoms with Crippen LogP contribution < -0.4 is 5.32 Å². The summed E-state index contributed by atoms with van der Waals surface area (Å²) < 4.78 is 2.77. The van der Waals surface area contributed by atoms with E-state index in [0.29, 0.717) is 12.1 Å². The fourth-order valence-electron chi connectivity index (χ4n) is 1.46. The van der Waals surface area contributed by atoms with E-state index < -0.39 is 0 Å². The molecule has 0 aliphatic rings. The molecule has 0 bridgehead atoms. The Morgan fingerprint density at radius 3 is 3.00 bits per heavy atom. The van der Waals surface area contributed by atoms with E-state index in [0.717, 1.165) is 10.3 Å². The SMILES string of the molecule is Cn1ccnc1CNC(=O)c1cccc(Br)c1. The third kappa shape index (κ3) is 2.94. The van der Waals surface area contributed by atoms with Crippen molar-refractivity contribution in [3.8, 4) is 0 Å². The molecule has 0 spiro atoms. The highest BCUT2D eigenvalue weighted by molar-refractivity contribution is 9.10. The van der Waals surface area contributed by atoms with E-state index in [9.17, 15) is 4.79 Å². The average molecular weight is 294 g/mol. The lowest BCUT2D eigenvalue weighted by Gasteiger charge is -2.05. The monoisotopic (exact) mass is 293 g/mol. The molecule has 0 aliphatic heterocycles. The first-order valence-corrected chi connectivity index (χ1v) is 5.96. The number of amides is 1. The van der Waals surface area contributed by atoms with E-state index in [4.69, 9.17) is 0 Å². The van der Waals surface area contributed by atoms with Gasteiger partial charge >= 0.3 is 0 Å². The quantitative estimate of drug-likeness (QED) is 0.942. The molecule has 0 fully saturated rings. The predicted octanol–water partition coefficient (Wildman–Crippen LogP) is 2.11. The highest BCUT2D eigenvalue weighted by Crippen LogP contribution is 2.11. The van der Waals surface area contributed by atoms with Gasteiger partial charge in [-0.25, -0.2) is 4.98 Å². The summed E-state index contributed by atoms with van der Waals surface area (Å²) in [4.78, 5) is 16.0. The Kier molecular flexibility index (Phi) is 3.58. The molecule has 1 N–H and O–H groups in total. The number of aromatic nitrogens is 2. The third-order valence-electron chi connectivity index (χ3n) is 2.41. The van der Waals surface area contributed by atoms with Gasteiger partial charge in [-0.1, -0.05) is 22.0 Å². The van der Waals surface area contributed by atoms with Crippen molar-refractivity contribution in [1.82, 2.24) is 14.9 Å². The Bertz CT molecular complexity index is 536. The molecule has 88 valence electrons. The van der Waals surface area contributed by atoms with Gasteiger partial charge in [0, 0.05) is 29.5 Å². The van der Waals surface area contributed by atoms with Crippen LogP contribution in [0, 0.1) is 0 Å². The van der Waals surface area contributed by atoms with Gasteiger partial charge in [-0.3, -0.25) is 4.79 Å². The van der Waals surface area contributed by atoms with E-state index in [1.54, 1.807) is 18.3 Å². The number of aryl methyl sites for hydroxylation is 1.